The van der Waals surface area contributed by atoms with Crippen LogP contribution in [-0.4, -0.2) is 10.1 Å². The molecule has 318 valence electrons. The van der Waals surface area contributed by atoms with Crippen LogP contribution in [0.15, 0.2) is 169 Å². The molecule has 0 radical (unpaired) electrons. The second-order valence-corrected chi connectivity index (χ2v) is 26.9. The van der Waals surface area contributed by atoms with E-state index in [4.69, 9.17) is 0 Å². The molecule has 13 aromatic rings. The summed E-state index contributed by atoms with van der Waals surface area (Å²) in [6.45, 7) is 0. The molecule has 12 aromatic heterocycles. The molecule has 12 heterocycles. The van der Waals surface area contributed by atoms with Crippen molar-refractivity contribution in [2.45, 2.75) is 0 Å². The SMILES string of the molecule is Oc1c(-c2ccc(-c3ccc(-c4ccc(-c5ccc(-c6ccc(-c7ccc(-c8ccc(-c9ccc(-c%10ccc(-c%11ccc(-c%12cccs%12)s%11)s%10)s9)s8)s7)s6)s5)s4)s3)s2)ccc2cccnc12. The number of rotatable bonds is 11. The van der Waals surface area contributed by atoms with E-state index in [2.05, 4.69) is 144 Å². The molecule has 0 saturated heterocycles. The van der Waals surface area contributed by atoms with E-state index in [-0.39, 0.29) is 5.75 Å². The summed E-state index contributed by atoms with van der Waals surface area (Å²) < 4.78 is 0. The zero-order chi connectivity index (χ0) is 43.7. The molecule has 13 heteroatoms. The van der Waals surface area contributed by atoms with E-state index in [1.165, 1.54) is 97.5 Å². The predicted octanol–water partition coefficient (Wildman–Crippen LogP) is 21.0. The minimum absolute atomic E-state index is 0.239. The standard InChI is InChI=1S/C53H29NOS11/c55-53-30(6-5-29-3-1-27-54-52(29)53)31-7-8-34(57-31)35-11-12-38(59-35)39-15-16-42(61-39)43-19-20-46(63-43)47-23-24-50(65-47)51-26-25-49(66-51)48-22-21-45(64-48)44-18-17-41(62-44)40-14-13-37(60-40)36-10-9-33(58-36)32-4-2-28-56-32/h1-28,55H. The highest BCUT2D eigenvalue weighted by atomic mass is 32.1. The first-order chi connectivity index (χ1) is 32.5. The predicted molar refractivity (Wildman–Crippen MR) is 300 cm³/mol. The molecule has 0 amide bonds. The normalized spacial score (nSPS) is 11.7. The van der Waals surface area contributed by atoms with Crippen LogP contribution in [0.5, 0.6) is 5.75 Å². The van der Waals surface area contributed by atoms with Gasteiger partial charge in [0, 0.05) is 120 Å². The number of fused-ring (bicyclic) bond motifs is 1. The zero-order valence-corrected chi connectivity index (χ0v) is 43.0. The Morgan fingerprint density at radius 2 is 0.561 bits per heavy atom. The van der Waals surface area contributed by atoms with Gasteiger partial charge >= 0.3 is 0 Å². The summed E-state index contributed by atoms with van der Waals surface area (Å²) in [5.41, 5.74) is 1.46. The first-order valence-electron chi connectivity index (χ1n) is 20.7. The lowest BCUT2D eigenvalue weighted by Gasteiger charge is -2.05. The molecule has 1 N–H and O–H groups in total. The summed E-state index contributed by atoms with van der Waals surface area (Å²) in [6.07, 6.45) is 1.73. The van der Waals surface area contributed by atoms with Gasteiger partial charge in [-0.2, -0.15) is 0 Å². The van der Waals surface area contributed by atoms with Gasteiger partial charge in [0.05, 0.1) is 0 Å². The van der Waals surface area contributed by atoms with E-state index >= 15 is 0 Å². The second kappa shape index (κ2) is 17.3. The number of hydrogen-bond acceptors (Lipinski definition) is 13. The third kappa shape index (κ3) is 7.79. The lowest BCUT2D eigenvalue weighted by atomic mass is 10.1. The van der Waals surface area contributed by atoms with Crippen molar-refractivity contribution in [1.82, 2.24) is 4.98 Å². The fraction of sp³-hybridized carbons (Fsp3) is 0. The Morgan fingerprint density at radius 3 is 0.864 bits per heavy atom. The van der Waals surface area contributed by atoms with Crippen molar-refractivity contribution < 1.29 is 5.11 Å². The summed E-state index contributed by atoms with van der Waals surface area (Å²) >= 11 is 20.4. The molecule has 0 saturated carbocycles. The maximum atomic E-state index is 11.0. The van der Waals surface area contributed by atoms with Gasteiger partial charge in [0.2, 0.25) is 0 Å². The average Bonchev–Trinajstić information content (AvgIpc) is 4.18. The molecule has 1 aromatic carbocycles. The highest BCUT2D eigenvalue weighted by Gasteiger charge is 2.18. The summed E-state index contributed by atoms with van der Waals surface area (Å²) in [5, 5.41) is 14.1. The molecule has 66 heavy (non-hydrogen) atoms. The number of benzene rings is 1. The fourth-order valence-electron chi connectivity index (χ4n) is 7.79. The van der Waals surface area contributed by atoms with Gasteiger partial charge in [0.25, 0.3) is 0 Å². The fourth-order valence-corrected chi connectivity index (χ4v) is 19.5. The van der Waals surface area contributed by atoms with Crippen LogP contribution in [-0.2, 0) is 0 Å². The Morgan fingerprint density at radius 1 is 0.273 bits per heavy atom. The lowest BCUT2D eigenvalue weighted by Crippen LogP contribution is -1.81. The van der Waals surface area contributed by atoms with Crippen LogP contribution in [0.4, 0.5) is 0 Å². The first-order valence-corrected chi connectivity index (χ1v) is 29.7. The first kappa shape index (κ1) is 41.3. The zero-order valence-electron chi connectivity index (χ0n) is 34.1. The highest BCUT2D eigenvalue weighted by Crippen LogP contribution is 2.50. The number of thiophene rings is 11. The molecule has 2 nitrogen and oxygen atoms in total. The Labute approximate surface area is 424 Å². The van der Waals surface area contributed by atoms with Gasteiger partial charge in [-0.05, 0) is 145 Å². The molecule has 0 fully saturated rings. The second-order valence-electron chi connectivity index (χ2n) is 15.2. The van der Waals surface area contributed by atoms with Crippen LogP contribution in [0.3, 0.4) is 0 Å². The summed E-state index contributed by atoms with van der Waals surface area (Å²) in [4.78, 5) is 31.5. The van der Waals surface area contributed by atoms with Crippen molar-refractivity contribution in [3.8, 4) is 114 Å². The van der Waals surface area contributed by atoms with Crippen molar-refractivity contribution in [2.75, 3.05) is 0 Å². The Hall–Kier alpha value is -4.87. The number of nitrogens with zero attached hydrogens (tertiary/aromatic N) is 1. The number of hydrogen-bond donors (Lipinski definition) is 1. The van der Waals surface area contributed by atoms with E-state index in [0.29, 0.717) is 5.52 Å². The lowest BCUT2D eigenvalue weighted by molar-refractivity contribution is 0.482. The van der Waals surface area contributed by atoms with Gasteiger partial charge in [-0.3, -0.25) is 4.98 Å². The largest absolute Gasteiger partial charge is 0.505 e. The van der Waals surface area contributed by atoms with Gasteiger partial charge in [-0.25, -0.2) is 0 Å². The Bertz CT molecular complexity index is 3820. The smallest absolute Gasteiger partial charge is 0.150 e. The van der Waals surface area contributed by atoms with Gasteiger partial charge in [0.1, 0.15) is 11.3 Å². The monoisotopic (exact) mass is 1050 g/mol. The van der Waals surface area contributed by atoms with Crippen LogP contribution >= 0.6 is 125 Å². The molecule has 0 aliphatic rings. The van der Waals surface area contributed by atoms with Gasteiger partial charge in [-0.1, -0.05) is 18.2 Å². The summed E-state index contributed by atoms with van der Waals surface area (Å²) in [7, 11) is 0. The van der Waals surface area contributed by atoms with Crippen molar-refractivity contribution >= 4 is 136 Å². The van der Waals surface area contributed by atoms with E-state index < -0.39 is 0 Å². The highest BCUT2D eigenvalue weighted by molar-refractivity contribution is 7.32. The summed E-state index contributed by atoms with van der Waals surface area (Å²) in [5.74, 6) is 0.239. The number of phenols is 1. The average molecular weight is 1050 g/mol. The van der Waals surface area contributed by atoms with Crippen molar-refractivity contribution in [3.63, 3.8) is 0 Å². The minimum Gasteiger partial charge on any atom is -0.505 e. The maximum absolute atomic E-state index is 11.0. The van der Waals surface area contributed by atoms with Gasteiger partial charge < -0.3 is 5.11 Å². The molecule has 0 aliphatic carbocycles. The van der Waals surface area contributed by atoms with Crippen molar-refractivity contribution in [2.24, 2.45) is 0 Å². The number of aromatic hydroxyl groups is 1. The van der Waals surface area contributed by atoms with Crippen LogP contribution in [0.2, 0.25) is 0 Å². The van der Waals surface area contributed by atoms with Gasteiger partial charge in [0.15, 0.2) is 0 Å². The van der Waals surface area contributed by atoms with Crippen LogP contribution in [0.25, 0.3) is 119 Å². The molecular weight excluding hydrogens is 1020 g/mol. The molecule has 0 unspecified atom stereocenters. The molecule has 0 spiro atoms. The topological polar surface area (TPSA) is 33.1 Å². The van der Waals surface area contributed by atoms with Crippen LogP contribution < -0.4 is 0 Å². The van der Waals surface area contributed by atoms with E-state index in [1.807, 2.05) is 126 Å². The molecule has 0 aliphatic heterocycles. The quantitative estimate of drug-likeness (QED) is 0.140. The molecule has 0 bridgehead atoms. The van der Waals surface area contributed by atoms with Crippen LogP contribution in [0.1, 0.15) is 0 Å². The number of phenolic OH excluding ortho intramolecular Hbond substituents is 1. The third-order valence-corrected chi connectivity index (χ3v) is 24.7. The molecule has 0 atom stereocenters. The molecule has 13 rings (SSSR count). The molecular formula is C53H29NOS11. The summed E-state index contributed by atoms with van der Waals surface area (Å²) in [6, 6.07) is 57.4. The van der Waals surface area contributed by atoms with Crippen molar-refractivity contribution in [1.29, 1.82) is 0 Å². The van der Waals surface area contributed by atoms with Crippen molar-refractivity contribution in [3.05, 3.63) is 169 Å². The minimum atomic E-state index is 0.239. The Kier molecular flexibility index (Phi) is 10.9. The van der Waals surface area contributed by atoms with E-state index in [1.54, 1.807) is 28.9 Å². The maximum Gasteiger partial charge on any atom is 0.150 e. The third-order valence-electron chi connectivity index (χ3n) is 11.0. The van der Waals surface area contributed by atoms with Gasteiger partial charge in [-0.15, -0.1) is 125 Å². The van der Waals surface area contributed by atoms with Crippen LogP contribution in [0, 0.1) is 0 Å². The number of pyridine rings is 1. The van der Waals surface area contributed by atoms with E-state index in [9.17, 15) is 5.11 Å². The Balaban J connectivity index is 0.667. The number of aromatic nitrogens is 1. The van der Waals surface area contributed by atoms with E-state index in [0.717, 1.165) is 15.8 Å².